The van der Waals surface area contributed by atoms with Crippen LogP contribution in [0.1, 0.15) is 5.56 Å². The summed E-state index contributed by atoms with van der Waals surface area (Å²) < 4.78 is 0. The predicted octanol–water partition coefficient (Wildman–Crippen LogP) is 1.93. The maximum absolute atomic E-state index is 11.8. The van der Waals surface area contributed by atoms with Gasteiger partial charge in [-0.25, -0.2) is 4.79 Å². The summed E-state index contributed by atoms with van der Waals surface area (Å²) in [5, 5.41) is 6.62. The van der Waals surface area contributed by atoms with Crippen LogP contribution in [0.2, 0.25) is 5.02 Å². The molecule has 18 heavy (non-hydrogen) atoms. The van der Waals surface area contributed by atoms with E-state index in [2.05, 4.69) is 10.6 Å². The second-order valence-corrected chi connectivity index (χ2v) is 4.45. The fourth-order valence-electron chi connectivity index (χ4n) is 1.77. The summed E-state index contributed by atoms with van der Waals surface area (Å²) in [5.41, 5.74) is 0.889. The summed E-state index contributed by atoms with van der Waals surface area (Å²) in [6.07, 6.45) is 3.42. The molecule has 0 spiro atoms. The first-order valence-corrected chi connectivity index (χ1v) is 6.32. The van der Waals surface area contributed by atoms with Crippen LogP contribution in [0.25, 0.3) is 6.08 Å². The first-order valence-electron chi connectivity index (χ1n) is 5.94. The number of amides is 2. The van der Waals surface area contributed by atoms with Crippen molar-refractivity contribution in [2.24, 2.45) is 0 Å². The van der Waals surface area contributed by atoms with Gasteiger partial charge in [0.05, 0.1) is 0 Å². The Morgan fingerprint density at radius 2 is 2.06 bits per heavy atom. The van der Waals surface area contributed by atoms with E-state index >= 15 is 0 Å². The lowest BCUT2D eigenvalue weighted by molar-refractivity contribution is 0.194. The number of hydrogen-bond donors (Lipinski definition) is 2. The normalized spacial score (nSPS) is 15.9. The first-order chi connectivity index (χ1) is 8.77. The van der Waals surface area contributed by atoms with Gasteiger partial charge in [0, 0.05) is 37.4 Å². The molecule has 2 amide bonds. The third-order valence-electron chi connectivity index (χ3n) is 2.78. The highest BCUT2D eigenvalue weighted by Crippen LogP contribution is 2.15. The van der Waals surface area contributed by atoms with E-state index < -0.39 is 0 Å². The molecule has 2 rings (SSSR count). The molecule has 1 fully saturated rings. The molecule has 0 aromatic heterocycles. The Labute approximate surface area is 112 Å². The van der Waals surface area contributed by atoms with Gasteiger partial charge >= 0.3 is 6.03 Å². The van der Waals surface area contributed by atoms with Gasteiger partial charge in [-0.05, 0) is 17.7 Å². The molecule has 4 nitrogen and oxygen atoms in total. The first kappa shape index (κ1) is 12.9. The largest absolute Gasteiger partial charge is 0.322 e. The van der Waals surface area contributed by atoms with Crippen molar-refractivity contribution >= 4 is 23.7 Å². The maximum Gasteiger partial charge on any atom is 0.321 e. The monoisotopic (exact) mass is 265 g/mol. The van der Waals surface area contributed by atoms with Gasteiger partial charge < -0.3 is 15.5 Å². The second-order valence-electron chi connectivity index (χ2n) is 4.04. The molecular formula is C13H16ClN3O. The number of carbonyl (C=O) groups excluding carboxylic acids is 1. The van der Waals surface area contributed by atoms with Crippen molar-refractivity contribution < 1.29 is 4.79 Å². The molecule has 1 aliphatic rings. The topological polar surface area (TPSA) is 44.4 Å². The average Bonchev–Trinajstić information content (AvgIpc) is 2.42. The minimum atomic E-state index is -0.0696. The minimum absolute atomic E-state index is 0.0696. The van der Waals surface area contributed by atoms with Crippen molar-refractivity contribution in [2.75, 3.05) is 26.2 Å². The summed E-state index contributed by atoms with van der Waals surface area (Å²) in [6.45, 7) is 3.18. The Hall–Kier alpha value is -1.52. The number of piperazine rings is 1. The Bertz CT molecular complexity index is 442. The van der Waals surface area contributed by atoms with Crippen LogP contribution in [0.15, 0.2) is 30.5 Å². The van der Waals surface area contributed by atoms with E-state index in [-0.39, 0.29) is 6.03 Å². The molecule has 1 heterocycles. The summed E-state index contributed by atoms with van der Waals surface area (Å²) in [5.74, 6) is 0. The van der Waals surface area contributed by atoms with E-state index in [1.54, 1.807) is 17.2 Å². The molecule has 0 bridgehead atoms. The van der Waals surface area contributed by atoms with E-state index in [0.717, 1.165) is 31.7 Å². The van der Waals surface area contributed by atoms with Crippen LogP contribution >= 0.6 is 11.6 Å². The third kappa shape index (κ3) is 3.48. The van der Waals surface area contributed by atoms with Gasteiger partial charge in [-0.15, -0.1) is 0 Å². The van der Waals surface area contributed by atoms with Crippen molar-refractivity contribution in [1.29, 1.82) is 0 Å². The molecule has 0 saturated carbocycles. The van der Waals surface area contributed by atoms with Crippen LogP contribution in [0, 0.1) is 0 Å². The zero-order valence-electron chi connectivity index (χ0n) is 10.0. The molecule has 1 aromatic carbocycles. The van der Waals surface area contributed by atoms with Crippen molar-refractivity contribution in [3.63, 3.8) is 0 Å². The summed E-state index contributed by atoms with van der Waals surface area (Å²) in [7, 11) is 0. The Balaban J connectivity index is 1.87. The van der Waals surface area contributed by atoms with E-state index in [4.69, 9.17) is 11.6 Å². The highest BCUT2D eigenvalue weighted by Gasteiger charge is 2.14. The number of nitrogens with zero attached hydrogens (tertiary/aromatic N) is 1. The number of urea groups is 1. The maximum atomic E-state index is 11.8. The van der Waals surface area contributed by atoms with Gasteiger partial charge in [-0.3, -0.25) is 0 Å². The Kier molecular flexibility index (Phi) is 4.61. The molecule has 0 aliphatic carbocycles. The predicted molar refractivity (Wildman–Crippen MR) is 73.5 cm³/mol. The number of hydrogen-bond acceptors (Lipinski definition) is 2. The Morgan fingerprint density at radius 3 is 2.78 bits per heavy atom. The average molecular weight is 266 g/mol. The third-order valence-corrected chi connectivity index (χ3v) is 3.12. The molecule has 0 atom stereocenters. The molecule has 1 aromatic rings. The summed E-state index contributed by atoms with van der Waals surface area (Å²) in [4.78, 5) is 13.6. The van der Waals surface area contributed by atoms with E-state index in [1.165, 1.54) is 0 Å². The zero-order chi connectivity index (χ0) is 12.8. The van der Waals surface area contributed by atoms with Crippen LogP contribution in [-0.4, -0.2) is 37.1 Å². The molecule has 0 radical (unpaired) electrons. The van der Waals surface area contributed by atoms with E-state index in [0.29, 0.717) is 5.02 Å². The lowest BCUT2D eigenvalue weighted by atomic mass is 10.2. The lowest BCUT2D eigenvalue weighted by Crippen LogP contribution is -2.49. The number of rotatable bonds is 2. The van der Waals surface area contributed by atoms with Crippen molar-refractivity contribution in [2.45, 2.75) is 0 Å². The quantitative estimate of drug-likeness (QED) is 0.858. The van der Waals surface area contributed by atoms with Crippen LogP contribution in [-0.2, 0) is 0 Å². The molecule has 0 unspecified atom stereocenters. The minimum Gasteiger partial charge on any atom is -0.322 e. The number of benzene rings is 1. The van der Waals surface area contributed by atoms with Gasteiger partial charge in [0.15, 0.2) is 0 Å². The van der Waals surface area contributed by atoms with Gasteiger partial charge in [0.25, 0.3) is 0 Å². The Morgan fingerprint density at radius 1 is 1.33 bits per heavy atom. The highest BCUT2D eigenvalue weighted by atomic mass is 35.5. The zero-order valence-corrected chi connectivity index (χ0v) is 10.8. The molecular weight excluding hydrogens is 250 g/mol. The van der Waals surface area contributed by atoms with Crippen molar-refractivity contribution in [1.82, 2.24) is 15.5 Å². The van der Waals surface area contributed by atoms with Crippen molar-refractivity contribution in [3.8, 4) is 0 Å². The van der Waals surface area contributed by atoms with Gasteiger partial charge in [0.2, 0.25) is 0 Å². The molecule has 96 valence electrons. The number of nitrogens with one attached hydrogen (secondary N) is 2. The number of halogens is 1. The second kappa shape index (κ2) is 6.42. The summed E-state index contributed by atoms with van der Waals surface area (Å²) in [6, 6.07) is 7.43. The summed E-state index contributed by atoms with van der Waals surface area (Å²) >= 11 is 6.01. The lowest BCUT2D eigenvalue weighted by Gasteiger charge is -2.26. The van der Waals surface area contributed by atoms with Crippen LogP contribution in [0.4, 0.5) is 4.79 Å². The molecule has 5 heteroatoms. The number of carbonyl (C=O) groups is 1. The SMILES string of the molecule is O=C(N/C=C/c1ccccc1Cl)N1CCNCC1. The van der Waals surface area contributed by atoms with E-state index in [9.17, 15) is 4.79 Å². The van der Waals surface area contributed by atoms with Crippen LogP contribution in [0.3, 0.4) is 0 Å². The molecule has 1 aliphatic heterocycles. The van der Waals surface area contributed by atoms with Gasteiger partial charge in [0.1, 0.15) is 0 Å². The van der Waals surface area contributed by atoms with Gasteiger partial charge in [-0.2, -0.15) is 0 Å². The van der Waals surface area contributed by atoms with Gasteiger partial charge in [-0.1, -0.05) is 29.8 Å². The highest BCUT2D eigenvalue weighted by molar-refractivity contribution is 6.32. The fourth-order valence-corrected chi connectivity index (χ4v) is 1.97. The smallest absolute Gasteiger partial charge is 0.321 e. The standard InChI is InChI=1S/C13H16ClN3O/c14-12-4-2-1-3-11(12)5-6-16-13(18)17-9-7-15-8-10-17/h1-6,15H,7-10H2,(H,16,18)/b6-5+. The molecule has 1 saturated heterocycles. The molecule has 2 N–H and O–H groups in total. The van der Waals surface area contributed by atoms with Crippen LogP contribution in [0.5, 0.6) is 0 Å². The van der Waals surface area contributed by atoms with Crippen LogP contribution < -0.4 is 10.6 Å². The fraction of sp³-hybridized carbons (Fsp3) is 0.308. The van der Waals surface area contributed by atoms with E-state index in [1.807, 2.05) is 24.3 Å². The van der Waals surface area contributed by atoms with Crippen molar-refractivity contribution in [3.05, 3.63) is 41.1 Å².